The predicted molar refractivity (Wildman–Crippen MR) is 79.4 cm³/mol. The number of aryl methyl sites for hydroxylation is 1. The molecule has 0 aliphatic rings. The van der Waals surface area contributed by atoms with Crippen LogP contribution in [0, 0.1) is 11.6 Å². The Morgan fingerprint density at radius 3 is 2.23 bits per heavy atom. The summed E-state index contributed by atoms with van der Waals surface area (Å²) >= 11 is 0. The molecule has 0 fully saturated rings. The summed E-state index contributed by atoms with van der Waals surface area (Å²) in [7, 11) is 0. The van der Waals surface area contributed by atoms with Crippen molar-refractivity contribution in [2.75, 3.05) is 10.6 Å². The zero-order valence-corrected chi connectivity index (χ0v) is 11.8. The maximum Gasteiger partial charge on any atom is 0.314 e. The molecular formula is C16H14F2N2O2. The highest BCUT2D eigenvalue weighted by molar-refractivity contribution is 6.43. The summed E-state index contributed by atoms with van der Waals surface area (Å²) in [6.45, 7) is 1.92. The van der Waals surface area contributed by atoms with E-state index in [0.717, 1.165) is 17.7 Å². The molecule has 0 spiro atoms. The lowest BCUT2D eigenvalue weighted by Crippen LogP contribution is -2.29. The average Bonchev–Trinajstić information content (AvgIpc) is 2.50. The number of para-hydroxylation sites is 1. The van der Waals surface area contributed by atoms with Crippen molar-refractivity contribution >= 4 is 23.2 Å². The lowest BCUT2D eigenvalue weighted by molar-refractivity contribution is -0.133. The van der Waals surface area contributed by atoms with Crippen LogP contribution in [0.4, 0.5) is 20.2 Å². The second kappa shape index (κ2) is 6.80. The largest absolute Gasteiger partial charge is 0.318 e. The van der Waals surface area contributed by atoms with E-state index in [-0.39, 0.29) is 5.69 Å². The average molecular weight is 304 g/mol. The molecule has 4 nitrogen and oxygen atoms in total. The quantitative estimate of drug-likeness (QED) is 0.856. The lowest BCUT2D eigenvalue weighted by Gasteiger charge is -2.10. The van der Waals surface area contributed by atoms with E-state index >= 15 is 0 Å². The number of anilines is 2. The van der Waals surface area contributed by atoms with E-state index in [0.29, 0.717) is 18.2 Å². The normalized spacial score (nSPS) is 10.1. The van der Waals surface area contributed by atoms with Crippen LogP contribution in [0.2, 0.25) is 0 Å². The van der Waals surface area contributed by atoms with Gasteiger partial charge >= 0.3 is 11.8 Å². The van der Waals surface area contributed by atoms with Crippen LogP contribution in [0.5, 0.6) is 0 Å². The highest BCUT2D eigenvalue weighted by Gasteiger charge is 2.17. The fraction of sp³-hybridized carbons (Fsp3) is 0.125. The van der Waals surface area contributed by atoms with Crippen molar-refractivity contribution in [2.24, 2.45) is 0 Å². The summed E-state index contributed by atoms with van der Waals surface area (Å²) in [6, 6.07) is 9.71. The van der Waals surface area contributed by atoms with Gasteiger partial charge in [-0.3, -0.25) is 9.59 Å². The van der Waals surface area contributed by atoms with Crippen LogP contribution in [-0.4, -0.2) is 11.8 Å². The van der Waals surface area contributed by atoms with Crippen LogP contribution in [0.3, 0.4) is 0 Å². The van der Waals surface area contributed by atoms with E-state index < -0.39 is 23.4 Å². The molecule has 2 N–H and O–H groups in total. The molecule has 2 aromatic rings. The van der Waals surface area contributed by atoms with Gasteiger partial charge in [0.2, 0.25) is 0 Å². The number of benzene rings is 2. The Labute approximate surface area is 126 Å². The molecule has 0 aliphatic carbocycles. The minimum atomic E-state index is -1.03. The number of hydrogen-bond donors (Lipinski definition) is 2. The van der Waals surface area contributed by atoms with E-state index in [4.69, 9.17) is 0 Å². The van der Waals surface area contributed by atoms with Crippen molar-refractivity contribution in [3.63, 3.8) is 0 Å². The monoisotopic (exact) mass is 304 g/mol. The molecule has 2 aromatic carbocycles. The van der Waals surface area contributed by atoms with Gasteiger partial charge in [-0.15, -0.1) is 0 Å². The Morgan fingerprint density at radius 1 is 0.955 bits per heavy atom. The molecule has 6 heteroatoms. The van der Waals surface area contributed by atoms with E-state index in [1.807, 2.05) is 19.1 Å². The Balaban J connectivity index is 2.08. The first-order valence-corrected chi connectivity index (χ1v) is 6.66. The van der Waals surface area contributed by atoms with Crippen molar-refractivity contribution in [2.45, 2.75) is 13.3 Å². The SMILES string of the molecule is CCc1ccccc1NC(=O)C(=O)Nc1ccc(F)cc1F. The number of nitrogens with one attached hydrogen (secondary N) is 2. The Bertz CT molecular complexity index is 717. The van der Waals surface area contributed by atoms with Crippen molar-refractivity contribution in [3.05, 3.63) is 59.7 Å². The first-order valence-electron chi connectivity index (χ1n) is 6.66. The fourth-order valence-corrected chi connectivity index (χ4v) is 1.90. The van der Waals surface area contributed by atoms with Gasteiger partial charge in [-0.25, -0.2) is 8.78 Å². The summed E-state index contributed by atoms with van der Waals surface area (Å²) in [5.41, 5.74) is 1.13. The summed E-state index contributed by atoms with van der Waals surface area (Å²) in [5, 5.41) is 4.57. The van der Waals surface area contributed by atoms with Crippen LogP contribution in [0.25, 0.3) is 0 Å². The smallest absolute Gasteiger partial charge is 0.314 e. The maximum absolute atomic E-state index is 13.4. The Morgan fingerprint density at radius 2 is 1.59 bits per heavy atom. The molecule has 2 rings (SSSR count). The predicted octanol–water partition coefficient (Wildman–Crippen LogP) is 3.10. The summed E-state index contributed by atoms with van der Waals surface area (Å²) in [5.74, 6) is -3.67. The molecule has 0 aromatic heterocycles. The molecule has 22 heavy (non-hydrogen) atoms. The molecular weight excluding hydrogens is 290 g/mol. The molecule has 0 bridgehead atoms. The van der Waals surface area contributed by atoms with Gasteiger partial charge in [0, 0.05) is 11.8 Å². The number of halogens is 2. The van der Waals surface area contributed by atoms with Gasteiger partial charge in [-0.05, 0) is 30.2 Å². The first-order chi connectivity index (χ1) is 10.5. The minimum Gasteiger partial charge on any atom is -0.318 e. The van der Waals surface area contributed by atoms with Gasteiger partial charge in [0.15, 0.2) is 0 Å². The molecule has 2 amide bonds. The molecule has 0 heterocycles. The van der Waals surface area contributed by atoms with Gasteiger partial charge in [0.1, 0.15) is 11.6 Å². The Kier molecular flexibility index (Phi) is 4.83. The van der Waals surface area contributed by atoms with Crippen LogP contribution in [0.1, 0.15) is 12.5 Å². The third-order valence-electron chi connectivity index (χ3n) is 3.03. The molecule has 0 unspecified atom stereocenters. The molecule has 114 valence electrons. The van der Waals surface area contributed by atoms with Crippen LogP contribution < -0.4 is 10.6 Å². The van der Waals surface area contributed by atoms with Crippen molar-refractivity contribution in [1.82, 2.24) is 0 Å². The van der Waals surface area contributed by atoms with Crippen molar-refractivity contribution in [1.29, 1.82) is 0 Å². The van der Waals surface area contributed by atoms with Gasteiger partial charge in [0.05, 0.1) is 5.69 Å². The van der Waals surface area contributed by atoms with Crippen LogP contribution >= 0.6 is 0 Å². The zero-order chi connectivity index (χ0) is 16.1. The highest BCUT2D eigenvalue weighted by atomic mass is 19.1. The number of amides is 2. The number of hydrogen-bond acceptors (Lipinski definition) is 2. The molecule has 0 aliphatic heterocycles. The molecule has 0 radical (unpaired) electrons. The van der Waals surface area contributed by atoms with Crippen molar-refractivity contribution < 1.29 is 18.4 Å². The number of rotatable bonds is 3. The second-order valence-corrected chi connectivity index (χ2v) is 4.54. The third-order valence-corrected chi connectivity index (χ3v) is 3.03. The number of carbonyl (C=O) groups excluding carboxylic acids is 2. The minimum absolute atomic E-state index is 0.259. The van der Waals surface area contributed by atoms with Gasteiger partial charge in [-0.2, -0.15) is 0 Å². The van der Waals surface area contributed by atoms with Crippen molar-refractivity contribution in [3.8, 4) is 0 Å². The first kappa shape index (κ1) is 15.6. The van der Waals surface area contributed by atoms with Crippen LogP contribution in [0.15, 0.2) is 42.5 Å². The summed E-state index contributed by atoms with van der Waals surface area (Å²) in [6.07, 6.45) is 0.685. The standard InChI is InChI=1S/C16H14F2N2O2/c1-2-10-5-3-4-6-13(10)19-15(21)16(22)20-14-8-7-11(17)9-12(14)18/h3-9H,2H2,1H3,(H,19,21)(H,20,22). The van der Waals surface area contributed by atoms with Gasteiger partial charge < -0.3 is 10.6 Å². The van der Waals surface area contributed by atoms with E-state index in [1.165, 1.54) is 0 Å². The fourth-order valence-electron chi connectivity index (χ4n) is 1.90. The zero-order valence-electron chi connectivity index (χ0n) is 11.8. The topological polar surface area (TPSA) is 58.2 Å². The number of carbonyl (C=O) groups is 2. The Hall–Kier alpha value is -2.76. The van der Waals surface area contributed by atoms with Crippen LogP contribution in [-0.2, 0) is 16.0 Å². The summed E-state index contributed by atoms with van der Waals surface area (Å²) < 4.78 is 26.2. The highest BCUT2D eigenvalue weighted by Crippen LogP contribution is 2.17. The van der Waals surface area contributed by atoms with E-state index in [1.54, 1.807) is 12.1 Å². The summed E-state index contributed by atoms with van der Waals surface area (Å²) in [4.78, 5) is 23.6. The van der Waals surface area contributed by atoms with E-state index in [2.05, 4.69) is 10.6 Å². The van der Waals surface area contributed by atoms with Gasteiger partial charge in [0.25, 0.3) is 0 Å². The third kappa shape index (κ3) is 3.66. The van der Waals surface area contributed by atoms with E-state index in [9.17, 15) is 18.4 Å². The second-order valence-electron chi connectivity index (χ2n) is 4.54. The van der Waals surface area contributed by atoms with Gasteiger partial charge in [-0.1, -0.05) is 25.1 Å². The maximum atomic E-state index is 13.4. The molecule has 0 saturated carbocycles. The molecule has 0 saturated heterocycles. The lowest BCUT2D eigenvalue weighted by atomic mass is 10.1. The molecule has 0 atom stereocenters.